The van der Waals surface area contributed by atoms with Gasteiger partial charge < -0.3 is 10.0 Å². The van der Waals surface area contributed by atoms with Crippen molar-refractivity contribution in [3.05, 3.63) is 0 Å². The molecule has 0 radical (unpaired) electrons. The van der Waals surface area contributed by atoms with Gasteiger partial charge in [-0.2, -0.15) is 13.1 Å². The maximum Gasteiger partial charge on any atom is 0.277 e. The zero-order valence-electron chi connectivity index (χ0n) is 10.4. The van der Waals surface area contributed by atoms with Crippen LogP contribution in [-0.2, 0) is 10.2 Å². The van der Waals surface area contributed by atoms with E-state index in [0.717, 1.165) is 6.42 Å². The normalized spacial score (nSPS) is 16.4. The van der Waals surface area contributed by atoms with Gasteiger partial charge in [0.15, 0.2) is 0 Å². The van der Waals surface area contributed by atoms with Crippen molar-refractivity contribution in [1.29, 1.82) is 0 Å². The molecule has 0 saturated heterocycles. The van der Waals surface area contributed by atoms with Crippen LogP contribution >= 0.6 is 0 Å². The second-order valence-electron chi connectivity index (χ2n) is 4.45. The number of aliphatic hydroxyl groups is 1. The summed E-state index contributed by atoms with van der Waals surface area (Å²) in [5, 5.41) is 9.88. The first kappa shape index (κ1) is 15.8. The molecule has 0 aliphatic rings. The predicted molar refractivity (Wildman–Crippen MR) is 64.4 cm³/mol. The number of rotatable bonds is 8. The van der Waals surface area contributed by atoms with Crippen molar-refractivity contribution in [2.24, 2.45) is 0 Å². The van der Waals surface area contributed by atoms with Gasteiger partial charge in [0.05, 0.1) is 5.60 Å². The highest BCUT2D eigenvalue weighted by atomic mass is 32.2. The van der Waals surface area contributed by atoms with Gasteiger partial charge in [0.2, 0.25) is 0 Å². The zero-order chi connectivity index (χ0) is 12.8. The first-order valence-electron chi connectivity index (χ1n) is 5.30. The topological polar surface area (TPSA) is 81.7 Å². The first-order chi connectivity index (χ1) is 7.18. The minimum absolute atomic E-state index is 0.00969. The van der Waals surface area contributed by atoms with Gasteiger partial charge in [-0.25, -0.2) is 4.72 Å². The second-order valence-corrected chi connectivity index (χ2v) is 6.04. The first-order valence-corrected chi connectivity index (χ1v) is 6.78. The maximum atomic E-state index is 11.4. The third-order valence-corrected chi connectivity index (χ3v) is 2.95. The number of hydrogen-bond acceptors (Lipinski definition) is 4. The summed E-state index contributed by atoms with van der Waals surface area (Å²) in [6, 6.07) is 0. The third-order valence-electron chi connectivity index (χ3n) is 1.84. The van der Waals surface area contributed by atoms with Crippen LogP contribution in [-0.4, -0.2) is 57.8 Å². The fourth-order valence-corrected chi connectivity index (χ4v) is 2.35. The molecule has 0 aromatic heterocycles. The fourth-order valence-electron chi connectivity index (χ4n) is 1.28. The Kier molecular flexibility index (Phi) is 6.42. The maximum absolute atomic E-state index is 11.4. The Morgan fingerprint density at radius 3 is 2.31 bits per heavy atom. The summed E-state index contributed by atoms with van der Waals surface area (Å²) in [5.41, 5.74) is -1.08. The molecule has 0 aromatic rings. The highest BCUT2D eigenvalue weighted by Crippen LogP contribution is 2.02. The van der Waals surface area contributed by atoms with Crippen LogP contribution < -0.4 is 9.44 Å². The van der Waals surface area contributed by atoms with Crippen molar-refractivity contribution in [3.63, 3.8) is 0 Å². The van der Waals surface area contributed by atoms with Crippen LogP contribution in [0.5, 0.6) is 0 Å². The average molecular weight is 253 g/mol. The molecule has 0 heterocycles. The second kappa shape index (κ2) is 6.51. The SMILES string of the molecule is CCCNS(=O)(=O)NCC(C)(O)CN(C)C. The van der Waals surface area contributed by atoms with Crippen molar-refractivity contribution in [1.82, 2.24) is 14.3 Å². The molecule has 3 N–H and O–H groups in total. The van der Waals surface area contributed by atoms with E-state index in [1.54, 1.807) is 11.8 Å². The van der Waals surface area contributed by atoms with Gasteiger partial charge in [-0.3, -0.25) is 0 Å². The summed E-state index contributed by atoms with van der Waals surface area (Å²) in [4.78, 5) is 1.80. The van der Waals surface area contributed by atoms with E-state index in [1.807, 2.05) is 21.0 Å². The van der Waals surface area contributed by atoms with E-state index in [4.69, 9.17) is 0 Å². The molecule has 0 fully saturated rings. The minimum Gasteiger partial charge on any atom is -0.387 e. The number of hydrogen-bond donors (Lipinski definition) is 3. The molecule has 16 heavy (non-hydrogen) atoms. The van der Waals surface area contributed by atoms with E-state index in [0.29, 0.717) is 13.1 Å². The summed E-state index contributed by atoms with van der Waals surface area (Å²) in [5.74, 6) is 0. The van der Waals surface area contributed by atoms with Crippen LogP contribution in [0, 0.1) is 0 Å². The van der Waals surface area contributed by atoms with Crippen LogP contribution in [0.3, 0.4) is 0 Å². The Labute approximate surface area is 98.2 Å². The smallest absolute Gasteiger partial charge is 0.277 e. The van der Waals surface area contributed by atoms with Crippen molar-refractivity contribution >= 4 is 10.2 Å². The molecule has 0 aliphatic carbocycles. The fraction of sp³-hybridized carbons (Fsp3) is 1.00. The van der Waals surface area contributed by atoms with Crippen molar-refractivity contribution in [2.45, 2.75) is 25.9 Å². The predicted octanol–water partition coefficient (Wildman–Crippen LogP) is -0.867. The summed E-state index contributed by atoms with van der Waals surface area (Å²) < 4.78 is 27.4. The standard InChI is InChI=1S/C9H23N3O3S/c1-5-6-10-16(14,15)11-7-9(2,13)8-12(3)4/h10-11,13H,5-8H2,1-4H3. The average Bonchev–Trinajstić information content (AvgIpc) is 2.10. The molecule has 0 spiro atoms. The number of nitrogens with one attached hydrogen (secondary N) is 2. The molecule has 6 nitrogen and oxygen atoms in total. The van der Waals surface area contributed by atoms with E-state index in [-0.39, 0.29) is 6.54 Å². The molecule has 0 aliphatic heterocycles. The number of nitrogens with zero attached hydrogens (tertiary/aromatic N) is 1. The van der Waals surface area contributed by atoms with Gasteiger partial charge in [0, 0.05) is 19.6 Å². The minimum atomic E-state index is -3.49. The Hall–Kier alpha value is -0.210. The molecule has 0 aromatic carbocycles. The van der Waals surface area contributed by atoms with E-state index >= 15 is 0 Å². The lowest BCUT2D eigenvalue weighted by Crippen LogP contribution is -2.49. The molecular formula is C9H23N3O3S. The Morgan fingerprint density at radius 2 is 1.88 bits per heavy atom. The molecule has 98 valence electrons. The highest BCUT2D eigenvalue weighted by Gasteiger charge is 2.23. The summed E-state index contributed by atoms with van der Waals surface area (Å²) in [6.45, 7) is 4.25. The molecule has 1 atom stereocenters. The van der Waals surface area contributed by atoms with Gasteiger partial charge in [-0.1, -0.05) is 6.92 Å². The van der Waals surface area contributed by atoms with Gasteiger partial charge >= 0.3 is 0 Å². The van der Waals surface area contributed by atoms with Crippen LogP contribution in [0.2, 0.25) is 0 Å². The lowest BCUT2D eigenvalue weighted by molar-refractivity contribution is 0.0385. The molecule has 0 bridgehead atoms. The molecule has 7 heteroatoms. The zero-order valence-corrected chi connectivity index (χ0v) is 11.3. The van der Waals surface area contributed by atoms with Gasteiger partial charge in [0.1, 0.15) is 0 Å². The van der Waals surface area contributed by atoms with E-state index in [1.165, 1.54) is 0 Å². The van der Waals surface area contributed by atoms with Crippen LogP contribution in [0.25, 0.3) is 0 Å². The van der Waals surface area contributed by atoms with Crippen LogP contribution in [0.4, 0.5) is 0 Å². The monoisotopic (exact) mass is 253 g/mol. The van der Waals surface area contributed by atoms with Gasteiger partial charge in [-0.15, -0.1) is 0 Å². The molecule has 0 rings (SSSR count). The number of likely N-dealkylation sites (N-methyl/N-ethyl adjacent to an activating group) is 1. The quantitative estimate of drug-likeness (QED) is 0.525. The van der Waals surface area contributed by atoms with Crippen LogP contribution in [0.15, 0.2) is 0 Å². The van der Waals surface area contributed by atoms with E-state index < -0.39 is 15.8 Å². The van der Waals surface area contributed by atoms with E-state index in [2.05, 4.69) is 9.44 Å². The van der Waals surface area contributed by atoms with Gasteiger partial charge in [0.25, 0.3) is 10.2 Å². The molecular weight excluding hydrogens is 230 g/mol. The summed E-state index contributed by atoms with van der Waals surface area (Å²) in [6.07, 6.45) is 0.731. The Balaban J connectivity index is 4.12. The van der Waals surface area contributed by atoms with Crippen molar-refractivity contribution < 1.29 is 13.5 Å². The van der Waals surface area contributed by atoms with Crippen LogP contribution in [0.1, 0.15) is 20.3 Å². The lowest BCUT2D eigenvalue weighted by Gasteiger charge is -2.26. The van der Waals surface area contributed by atoms with Crippen molar-refractivity contribution in [2.75, 3.05) is 33.7 Å². The van der Waals surface area contributed by atoms with Gasteiger partial charge in [-0.05, 0) is 27.4 Å². The summed E-state index contributed by atoms with van der Waals surface area (Å²) in [7, 11) is 0.144. The van der Waals surface area contributed by atoms with E-state index in [9.17, 15) is 13.5 Å². The largest absolute Gasteiger partial charge is 0.387 e. The third kappa shape index (κ3) is 8.00. The molecule has 0 saturated carbocycles. The lowest BCUT2D eigenvalue weighted by atomic mass is 10.1. The Bertz CT molecular complexity index is 288. The Morgan fingerprint density at radius 1 is 1.31 bits per heavy atom. The van der Waals surface area contributed by atoms with Crippen molar-refractivity contribution in [3.8, 4) is 0 Å². The highest BCUT2D eigenvalue weighted by molar-refractivity contribution is 7.87. The summed E-state index contributed by atoms with van der Waals surface area (Å²) >= 11 is 0. The molecule has 0 amide bonds. The molecule has 1 unspecified atom stereocenters.